The summed E-state index contributed by atoms with van der Waals surface area (Å²) >= 11 is 0. The largest absolute Gasteiger partial charge is 0.469 e. The van der Waals surface area contributed by atoms with Crippen LogP contribution in [-0.4, -0.2) is 18.9 Å². The Balaban J connectivity index is 3.42. The summed E-state index contributed by atoms with van der Waals surface area (Å²) < 4.78 is 4.58. The Morgan fingerprint density at radius 3 is 2.38 bits per heavy atom. The van der Waals surface area contributed by atoms with Crippen LogP contribution in [0.15, 0.2) is 0 Å². The average Bonchev–Trinajstić information content (AvgIpc) is 2.10. The van der Waals surface area contributed by atoms with Crippen molar-refractivity contribution in [2.75, 3.05) is 7.11 Å². The number of Topliss-reactive ketones (excluding diaryl/α,β-unsaturated/α-hetero) is 1. The molecule has 0 N–H and O–H groups in total. The number of carbonyl (C=O) groups excluding carboxylic acids is 2. The molecule has 0 saturated carbocycles. The number of esters is 1. The first kappa shape index (κ1) is 12.1. The quantitative estimate of drug-likeness (QED) is 0.470. The van der Waals surface area contributed by atoms with Crippen LogP contribution in [0.4, 0.5) is 0 Å². The highest BCUT2D eigenvalue weighted by Crippen LogP contribution is 2.10. The monoisotopic (exact) mass is 186 g/mol. The molecule has 0 bridgehead atoms. The second-order valence-electron chi connectivity index (χ2n) is 3.37. The number of hydrogen-bond acceptors (Lipinski definition) is 3. The van der Waals surface area contributed by atoms with E-state index in [1.165, 1.54) is 7.11 Å². The molecule has 1 unspecified atom stereocenters. The minimum atomic E-state index is -0.164. The van der Waals surface area contributed by atoms with E-state index in [-0.39, 0.29) is 17.7 Å². The smallest absolute Gasteiger partial charge is 0.308 e. The summed E-state index contributed by atoms with van der Waals surface area (Å²) in [5, 5.41) is 0. The van der Waals surface area contributed by atoms with E-state index < -0.39 is 0 Å². The van der Waals surface area contributed by atoms with Gasteiger partial charge in [-0.2, -0.15) is 0 Å². The first-order chi connectivity index (χ1) is 6.07. The third-order valence-electron chi connectivity index (χ3n) is 2.02. The normalized spacial score (nSPS) is 12.2. The maximum Gasteiger partial charge on any atom is 0.308 e. The van der Waals surface area contributed by atoms with Gasteiger partial charge in [-0.25, -0.2) is 0 Å². The third kappa shape index (κ3) is 6.31. The summed E-state index contributed by atoms with van der Waals surface area (Å²) in [4.78, 5) is 21.5. The first-order valence-corrected chi connectivity index (χ1v) is 4.65. The molecule has 0 saturated heterocycles. The van der Waals surface area contributed by atoms with E-state index in [0.717, 1.165) is 19.3 Å². The number of ketones is 1. The van der Waals surface area contributed by atoms with Crippen LogP contribution < -0.4 is 0 Å². The molecule has 0 radical (unpaired) electrons. The number of rotatable bonds is 6. The van der Waals surface area contributed by atoms with E-state index in [2.05, 4.69) is 4.74 Å². The van der Waals surface area contributed by atoms with E-state index in [1.54, 1.807) is 6.92 Å². The van der Waals surface area contributed by atoms with Gasteiger partial charge in [0, 0.05) is 6.42 Å². The molecular formula is C10H18O3. The van der Waals surface area contributed by atoms with Gasteiger partial charge in [-0.1, -0.05) is 13.3 Å². The van der Waals surface area contributed by atoms with Crippen molar-refractivity contribution in [3.63, 3.8) is 0 Å². The van der Waals surface area contributed by atoms with Gasteiger partial charge in [0.05, 0.1) is 13.0 Å². The van der Waals surface area contributed by atoms with Crippen molar-refractivity contribution in [2.24, 2.45) is 5.92 Å². The second kappa shape index (κ2) is 6.63. The molecule has 0 fully saturated rings. The highest BCUT2D eigenvalue weighted by Gasteiger charge is 2.11. The summed E-state index contributed by atoms with van der Waals surface area (Å²) in [7, 11) is 1.40. The number of methoxy groups -OCH3 is 1. The summed E-state index contributed by atoms with van der Waals surface area (Å²) in [6.07, 6.45) is 3.21. The summed E-state index contributed by atoms with van der Waals surface area (Å²) in [5.74, 6) is 0.00510. The van der Waals surface area contributed by atoms with Gasteiger partial charge in [0.15, 0.2) is 0 Å². The van der Waals surface area contributed by atoms with Gasteiger partial charge in [-0.05, 0) is 19.8 Å². The summed E-state index contributed by atoms with van der Waals surface area (Å²) in [6, 6.07) is 0. The molecule has 0 heterocycles. The highest BCUT2D eigenvalue weighted by atomic mass is 16.5. The van der Waals surface area contributed by atoms with Crippen LogP contribution in [0.3, 0.4) is 0 Å². The first-order valence-electron chi connectivity index (χ1n) is 4.65. The topological polar surface area (TPSA) is 43.4 Å². The molecular weight excluding hydrogens is 168 g/mol. The van der Waals surface area contributed by atoms with Crippen LogP contribution >= 0.6 is 0 Å². The molecule has 0 aliphatic heterocycles. The molecule has 0 aliphatic carbocycles. The second-order valence-corrected chi connectivity index (χ2v) is 3.37. The number of hydrogen-bond donors (Lipinski definition) is 0. The Morgan fingerprint density at radius 1 is 1.31 bits per heavy atom. The minimum Gasteiger partial charge on any atom is -0.469 e. The maximum atomic E-state index is 11.0. The van der Waals surface area contributed by atoms with Crippen LogP contribution in [0.1, 0.15) is 39.5 Å². The Hall–Kier alpha value is -0.860. The van der Waals surface area contributed by atoms with Gasteiger partial charge >= 0.3 is 5.97 Å². The molecule has 0 aliphatic rings. The van der Waals surface area contributed by atoms with E-state index in [9.17, 15) is 9.59 Å². The predicted molar refractivity (Wildman–Crippen MR) is 50.3 cm³/mol. The van der Waals surface area contributed by atoms with Crippen molar-refractivity contribution in [2.45, 2.75) is 39.5 Å². The SMILES string of the molecule is COC(=O)C(C)CCCCC(C)=O. The van der Waals surface area contributed by atoms with Crippen molar-refractivity contribution in [1.29, 1.82) is 0 Å². The molecule has 0 rings (SSSR count). The van der Waals surface area contributed by atoms with Gasteiger partial charge in [0.1, 0.15) is 5.78 Å². The van der Waals surface area contributed by atoms with Gasteiger partial charge in [0.25, 0.3) is 0 Å². The zero-order chi connectivity index (χ0) is 10.3. The van der Waals surface area contributed by atoms with E-state index in [4.69, 9.17) is 0 Å². The fourth-order valence-corrected chi connectivity index (χ4v) is 1.14. The third-order valence-corrected chi connectivity index (χ3v) is 2.02. The van der Waals surface area contributed by atoms with Gasteiger partial charge in [0.2, 0.25) is 0 Å². The zero-order valence-corrected chi connectivity index (χ0v) is 8.63. The predicted octanol–water partition coefficient (Wildman–Crippen LogP) is 1.94. The number of unbranched alkanes of at least 4 members (excludes halogenated alkanes) is 1. The average molecular weight is 186 g/mol. The number of carbonyl (C=O) groups is 2. The zero-order valence-electron chi connectivity index (χ0n) is 8.63. The van der Waals surface area contributed by atoms with Crippen molar-refractivity contribution in [3.05, 3.63) is 0 Å². The van der Waals surface area contributed by atoms with Crippen LogP contribution in [0, 0.1) is 5.92 Å². The van der Waals surface area contributed by atoms with Crippen LogP contribution in [0.2, 0.25) is 0 Å². The fourth-order valence-electron chi connectivity index (χ4n) is 1.14. The van der Waals surface area contributed by atoms with Gasteiger partial charge in [-0.15, -0.1) is 0 Å². The Morgan fingerprint density at radius 2 is 1.92 bits per heavy atom. The standard InChI is InChI=1S/C10H18O3/c1-8(10(12)13-3)6-4-5-7-9(2)11/h8H,4-7H2,1-3H3. The molecule has 3 nitrogen and oxygen atoms in total. The molecule has 0 aromatic rings. The highest BCUT2D eigenvalue weighted by molar-refractivity contribution is 5.75. The van der Waals surface area contributed by atoms with Crippen molar-refractivity contribution in [1.82, 2.24) is 0 Å². The molecule has 1 atom stereocenters. The summed E-state index contributed by atoms with van der Waals surface area (Å²) in [6.45, 7) is 3.43. The minimum absolute atomic E-state index is 0.0445. The lowest BCUT2D eigenvalue weighted by molar-refractivity contribution is -0.145. The van der Waals surface area contributed by atoms with Crippen LogP contribution in [0.5, 0.6) is 0 Å². The lowest BCUT2D eigenvalue weighted by atomic mass is 10.0. The van der Waals surface area contributed by atoms with Crippen molar-refractivity contribution < 1.29 is 14.3 Å². The van der Waals surface area contributed by atoms with Crippen LogP contribution in [-0.2, 0) is 14.3 Å². The maximum absolute atomic E-state index is 11.0. The van der Waals surface area contributed by atoms with Gasteiger partial charge in [-0.3, -0.25) is 4.79 Å². The lowest BCUT2D eigenvalue weighted by Crippen LogP contribution is -2.12. The van der Waals surface area contributed by atoms with E-state index in [0.29, 0.717) is 6.42 Å². The number of ether oxygens (including phenoxy) is 1. The lowest BCUT2D eigenvalue weighted by Gasteiger charge is -2.07. The Bertz CT molecular complexity index is 175. The Labute approximate surface area is 79.5 Å². The van der Waals surface area contributed by atoms with Crippen LogP contribution in [0.25, 0.3) is 0 Å². The van der Waals surface area contributed by atoms with Gasteiger partial charge < -0.3 is 9.53 Å². The fraction of sp³-hybridized carbons (Fsp3) is 0.800. The molecule has 0 spiro atoms. The molecule has 13 heavy (non-hydrogen) atoms. The molecule has 0 amide bonds. The molecule has 3 heteroatoms. The molecule has 0 aromatic carbocycles. The van der Waals surface area contributed by atoms with E-state index in [1.807, 2.05) is 6.92 Å². The van der Waals surface area contributed by atoms with Crippen molar-refractivity contribution >= 4 is 11.8 Å². The summed E-state index contributed by atoms with van der Waals surface area (Å²) in [5.41, 5.74) is 0. The van der Waals surface area contributed by atoms with E-state index >= 15 is 0 Å². The Kier molecular flexibility index (Phi) is 6.20. The molecule has 0 aromatic heterocycles. The van der Waals surface area contributed by atoms with Crippen molar-refractivity contribution in [3.8, 4) is 0 Å². The molecule has 76 valence electrons.